The van der Waals surface area contributed by atoms with Crippen molar-refractivity contribution in [2.45, 2.75) is 20.3 Å². The molecule has 0 bridgehead atoms. The number of piperazine rings is 1. The van der Waals surface area contributed by atoms with Crippen molar-refractivity contribution >= 4 is 23.2 Å². The zero-order valence-corrected chi connectivity index (χ0v) is 12.8. The Morgan fingerprint density at radius 1 is 1.30 bits per heavy atom. The highest BCUT2D eigenvalue weighted by Gasteiger charge is 2.24. The summed E-state index contributed by atoms with van der Waals surface area (Å²) in [7, 11) is 0. The zero-order valence-electron chi connectivity index (χ0n) is 12.0. The number of rotatable bonds is 4. The summed E-state index contributed by atoms with van der Waals surface area (Å²) in [5, 5.41) is 0. The number of amides is 2. The molecule has 2 amide bonds. The van der Waals surface area contributed by atoms with Gasteiger partial charge in [0.15, 0.2) is 0 Å². The molecule has 2 rings (SSSR count). The van der Waals surface area contributed by atoms with Crippen molar-refractivity contribution in [3.8, 4) is 0 Å². The molecule has 0 spiro atoms. The second kappa shape index (κ2) is 6.37. The summed E-state index contributed by atoms with van der Waals surface area (Å²) in [4.78, 5) is 29.2. The lowest BCUT2D eigenvalue weighted by Gasteiger charge is -2.33. The fourth-order valence-corrected chi connectivity index (χ4v) is 3.54. The number of thiophene rings is 1. The van der Waals surface area contributed by atoms with Crippen LogP contribution in [0.4, 0.5) is 0 Å². The van der Waals surface area contributed by atoms with Crippen LogP contribution in [0.2, 0.25) is 0 Å². The normalized spacial score (nSPS) is 16.4. The van der Waals surface area contributed by atoms with Crippen molar-refractivity contribution in [3.63, 3.8) is 0 Å². The molecular formula is C14H21N3O2S. The molecule has 6 heteroatoms. The van der Waals surface area contributed by atoms with E-state index in [1.54, 1.807) is 11.3 Å². The summed E-state index contributed by atoms with van der Waals surface area (Å²) >= 11 is 1.57. The van der Waals surface area contributed by atoms with E-state index < -0.39 is 0 Å². The van der Waals surface area contributed by atoms with Crippen molar-refractivity contribution in [1.82, 2.24) is 9.80 Å². The van der Waals surface area contributed by atoms with Gasteiger partial charge < -0.3 is 10.6 Å². The molecule has 1 saturated heterocycles. The molecule has 0 radical (unpaired) electrons. The van der Waals surface area contributed by atoms with Crippen LogP contribution in [-0.4, -0.2) is 54.3 Å². The SMILES string of the molecule is CCc1cc(C(=O)N2CCN(CC(N)=O)CC2)sc1C. The average Bonchev–Trinajstić information content (AvgIpc) is 2.79. The number of nitrogens with zero attached hydrogens (tertiary/aromatic N) is 2. The first-order valence-electron chi connectivity index (χ1n) is 6.90. The molecule has 1 aliphatic rings. The fraction of sp³-hybridized carbons (Fsp3) is 0.571. The Labute approximate surface area is 123 Å². The molecule has 110 valence electrons. The van der Waals surface area contributed by atoms with Crippen LogP contribution < -0.4 is 5.73 Å². The van der Waals surface area contributed by atoms with Gasteiger partial charge in [0.2, 0.25) is 5.91 Å². The van der Waals surface area contributed by atoms with Crippen LogP contribution in [0.1, 0.15) is 27.0 Å². The Bertz CT molecular complexity index is 505. The van der Waals surface area contributed by atoms with Gasteiger partial charge in [0.05, 0.1) is 11.4 Å². The molecule has 2 heterocycles. The second-order valence-electron chi connectivity index (χ2n) is 5.08. The first kappa shape index (κ1) is 15.0. The third-order valence-corrected chi connectivity index (χ3v) is 4.73. The minimum Gasteiger partial charge on any atom is -0.369 e. The monoisotopic (exact) mass is 295 g/mol. The van der Waals surface area contributed by atoms with E-state index in [1.165, 1.54) is 10.4 Å². The standard InChI is InChI=1S/C14H21N3O2S/c1-3-11-8-12(20-10(11)2)14(19)17-6-4-16(5-7-17)9-13(15)18/h8H,3-7,9H2,1-2H3,(H2,15,18). The Balaban J connectivity index is 1.96. The molecule has 1 aliphatic heterocycles. The molecule has 1 aromatic heterocycles. The molecule has 0 unspecified atom stereocenters. The van der Waals surface area contributed by atoms with Gasteiger partial charge in [-0.1, -0.05) is 6.92 Å². The predicted octanol–water partition coefficient (Wildman–Crippen LogP) is 0.862. The minimum atomic E-state index is -0.314. The Morgan fingerprint density at radius 2 is 1.95 bits per heavy atom. The van der Waals surface area contributed by atoms with E-state index in [9.17, 15) is 9.59 Å². The van der Waals surface area contributed by atoms with Crippen molar-refractivity contribution in [1.29, 1.82) is 0 Å². The van der Waals surface area contributed by atoms with Gasteiger partial charge in [-0.05, 0) is 25.0 Å². The van der Waals surface area contributed by atoms with Crippen LogP contribution in [0.25, 0.3) is 0 Å². The predicted molar refractivity (Wildman–Crippen MR) is 80.0 cm³/mol. The zero-order chi connectivity index (χ0) is 14.7. The molecule has 20 heavy (non-hydrogen) atoms. The Morgan fingerprint density at radius 3 is 2.45 bits per heavy atom. The highest BCUT2D eigenvalue weighted by atomic mass is 32.1. The van der Waals surface area contributed by atoms with E-state index in [0.717, 1.165) is 11.3 Å². The van der Waals surface area contributed by atoms with Crippen molar-refractivity contribution < 1.29 is 9.59 Å². The van der Waals surface area contributed by atoms with Crippen LogP contribution in [0, 0.1) is 6.92 Å². The van der Waals surface area contributed by atoms with Gasteiger partial charge >= 0.3 is 0 Å². The quantitative estimate of drug-likeness (QED) is 0.896. The van der Waals surface area contributed by atoms with Crippen LogP contribution in [0.5, 0.6) is 0 Å². The molecule has 1 aromatic rings. The number of carbonyl (C=O) groups is 2. The molecule has 0 atom stereocenters. The van der Waals surface area contributed by atoms with Crippen molar-refractivity contribution in [2.24, 2.45) is 5.73 Å². The smallest absolute Gasteiger partial charge is 0.264 e. The lowest BCUT2D eigenvalue weighted by atomic mass is 10.2. The van der Waals surface area contributed by atoms with Crippen LogP contribution in [-0.2, 0) is 11.2 Å². The number of nitrogens with two attached hydrogens (primary N) is 1. The molecular weight excluding hydrogens is 274 g/mol. The van der Waals surface area contributed by atoms with Crippen LogP contribution >= 0.6 is 11.3 Å². The average molecular weight is 295 g/mol. The maximum atomic E-state index is 12.4. The maximum absolute atomic E-state index is 12.4. The number of primary amides is 1. The molecule has 0 saturated carbocycles. The molecule has 5 nitrogen and oxygen atoms in total. The topological polar surface area (TPSA) is 66.6 Å². The fourth-order valence-electron chi connectivity index (χ4n) is 2.46. The van der Waals surface area contributed by atoms with Gasteiger partial charge in [-0.3, -0.25) is 14.5 Å². The number of hydrogen-bond acceptors (Lipinski definition) is 4. The van der Waals surface area contributed by atoms with Gasteiger partial charge in [0, 0.05) is 31.1 Å². The Hall–Kier alpha value is -1.40. The number of carbonyl (C=O) groups excluding carboxylic acids is 2. The summed E-state index contributed by atoms with van der Waals surface area (Å²) in [6.07, 6.45) is 0.960. The summed E-state index contributed by atoms with van der Waals surface area (Å²) in [5.74, 6) is -0.206. The van der Waals surface area contributed by atoms with E-state index in [1.807, 2.05) is 15.9 Å². The largest absolute Gasteiger partial charge is 0.369 e. The van der Waals surface area contributed by atoms with Gasteiger partial charge in [-0.15, -0.1) is 11.3 Å². The lowest BCUT2D eigenvalue weighted by molar-refractivity contribution is -0.119. The third kappa shape index (κ3) is 3.37. The van der Waals surface area contributed by atoms with Gasteiger partial charge in [0.1, 0.15) is 0 Å². The van der Waals surface area contributed by atoms with E-state index in [-0.39, 0.29) is 18.4 Å². The molecule has 0 aromatic carbocycles. The maximum Gasteiger partial charge on any atom is 0.264 e. The molecule has 0 aliphatic carbocycles. The van der Waals surface area contributed by atoms with Crippen molar-refractivity contribution in [2.75, 3.05) is 32.7 Å². The second-order valence-corrected chi connectivity index (χ2v) is 6.34. The third-order valence-electron chi connectivity index (χ3n) is 3.65. The van der Waals surface area contributed by atoms with Crippen LogP contribution in [0.3, 0.4) is 0 Å². The number of hydrogen-bond donors (Lipinski definition) is 1. The van der Waals surface area contributed by atoms with E-state index in [4.69, 9.17) is 5.73 Å². The summed E-state index contributed by atoms with van der Waals surface area (Å²) < 4.78 is 0. The summed E-state index contributed by atoms with van der Waals surface area (Å²) in [6.45, 7) is 7.17. The van der Waals surface area contributed by atoms with Crippen LogP contribution in [0.15, 0.2) is 6.07 Å². The number of aryl methyl sites for hydroxylation is 2. The van der Waals surface area contributed by atoms with E-state index >= 15 is 0 Å². The minimum absolute atomic E-state index is 0.108. The molecule has 1 fully saturated rings. The van der Waals surface area contributed by atoms with Gasteiger partial charge in [-0.25, -0.2) is 0 Å². The summed E-state index contributed by atoms with van der Waals surface area (Å²) in [6, 6.07) is 2.01. The first-order chi connectivity index (χ1) is 9.51. The van der Waals surface area contributed by atoms with Gasteiger partial charge in [-0.2, -0.15) is 0 Å². The summed E-state index contributed by atoms with van der Waals surface area (Å²) in [5.41, 5.74) is 6.44. The highest BCUT2D eigenvalue weighted by Crippen LogP contribution is 2.23. The molecule has 2 N–H and O–H groups in total. The first-order valence-corrected chi connectivity index (χ1v) is 7.72. The highest BCUT2D eigenvalue weighted by molar-refractivity contribution is 7.14. The Kier molecular flexibility index (Phi) is 4.77. The van der Waals surface area contributed by atoms with Gasteiger partial charge in [0.25, 0.3) is 5.91 Å². The lowest BCUT2D eigenvalue weighted by Crippen LogP contribution is -2.50. The van der Waals surface area contributed by atoms with E-state index in [0.29, 0.717) is 26.2 Å². The van der Waals surface area contributed by atoms with E-state index in [2.05, 4.69) is 13.8 Å². The van der Waals surface area contributed by atoms with Crippen molar-refractivity contribution in [3.05, 3.63) is 21.4 Å².